The number of ether oxygens (including phenoxy) is 1. The molecule has 0 saturated carbocycles. The first-order valence-corrected chi connectivity index (χ1v) is 5.31. The zero-order valence-corrected chi connectivity index (χ0v) is 9.90. The molecule has 0 unspecified atom stereocenters. The van der Waals surface area contributed by atoms with Crippen LogP contribution in [0, 0.1) is 11.3 Å². The number of nitriles is 1. The van der Waals surface area contributed by atoms with Crippen molar-refractivity contribution >= 4 is 11.6 Å². The van der Waals surface area contributed by atoms with Crippen LogP contribution in [0.4, 0.5) is 22.0 Å². The van der Waals surface area contributed by atoms with Crippen LogP contribution < -0.4 is 4.74 Å². The average Bonchev–Trinajstić information content (AvgIpc) is 2.26. The quantitative estimate of drug-likeness (QED) is 0.629. The average molecular weight is 301 g/mol. The third kappa shape index (κ3) is 4.21. The van der Waals surface area contributed by atoms with Gasteiger partial charge in [0.15, 0.2) is 0 Å². The lowest BCUT2D eigenvalue weighted by atomic mass is 10.1. The van der Waals surface area contributed by atoms with Crippen LogP contribution in [0.3, 0.4) is 0 Å². The molecule has 0 bridgehead atoms. The van der Waals surface area contributed by atoms with Gasteiger partial charge in [0.1, 0.15) is 11.4 Å². The third-order valence-corrected chi connectivity index (χ3v) is 2.29. The molecule has 19 heavy (non-hydrogen) atoms. The standard InChI is InChI=1S/C10H6ClF5N2O/c11-4-5-6(1-2-17)18-7(9(12)13)3-8(5)19-10(14,15)16/h3,9H,1,4H2. The molecule has 0 aliphatic heterocycles. The van der Waals surface area contributed by atoms with E-state index in [-0.39, 0.29) is 11.3 Å². The second-order valence-corrected chi connectivity index (χ2v) is 3.55. The molecule has 0 fully saturated rings. The van der Waals surface area contributed by atoms with Gasteiger partial charge in [0, 0.05) is 11.6 Å². The van der Waals surface area contributed by atoms with E-state index in [0.29, 0.717) is 6.07 Å². The molecule has 0 saturated heterocycles. The maximum Gasteiger partial charge on any atom is 0.573 e. The monoisotopic (exact) mass is 300 g/mol. The fourth-order valence-electron chi connectivity index (χ4n) is 1.31. The van der Waals surface area contributed by atoms with E-state index in [1.165, 1.54) is 0 Å². The number of pyridine rings is 1. The minimum atomic E-state index is -5.05. The highest BCUT2D eigenvalue weighted by Gasteiger charge is 2.33. The van der Waals surface area contributed by atoms with Gasteiger partial charge in [0.25, 0.3) is 6.43 Å². The molecule has 1 rings (SSSR count). The summed E-state index contributed by atoms with van der Waals surface area (Å²) in [5, 5.41) is 8.51. The van der Waals surface area contributed by atoms with E-state index >= 15 is 0 Å². The minimum Gasteiger partial charge on any atom is -0.405 e. The Morgan fingerprint density at radius 1 is 1.42 bits per heavy atom. The first-order valence-electron chi connectivity index (χ1n) is 4.78. The molecule has 0 spiro atoms. The number of halogens is 6. The maximum absolute atomic E-state index is 12.5. The van der Waals surface area contributed by atoms with Crippen LogP contribution in [-0.4, -0.2) is 11.3 Å². The van der Waals surface area contributed by atoms with Crippen molar-refractivity contribution in [1.29, 1.82) is 5.26 Å². The Kier molecular flexibility index (Phi) is 4.89. The molecule has 0 radical (unpaired) electrons. The number of nitrogens with zero attached hydrogens (tertiary/aromatic N) is 2. The lowest BCUT2D eigenvalue weighted by molar-refractivity contribution is -0.274. The number of alkyl halides is 6. The van der Waals surface area contributed by atoms with Crippen LogP contribution in [0.25, 0.3) is 0 Å². The second kappa shape index (κ2) is 6.02. The molecule has 0 aliphatic carbocycles. The Morgan fingerprint density at radius 3 is 2.47 bits per heavy atom. The molecule has 0 N–H and O–H groups in total. The Morgan fingerprint density at radius 2 is 2.05 bits per heavy atom. The summed E-state index contributed by atoms with van der Waals surface area (Å²) < 4.78 is 65.2. The fourth-order valence-corrected chi connectivity index (χ4v) is 1.60. The van der Waals surface area contributed by atoms with Gasteiger partial charge >= 0.3 is 6.36 Å². The highest BCUT2D eigenvalue weighted by atomic mass is 35.5. The molecule has 0 amide bonds. The summed E-state index contributed by atoms with van der Waals surface area (Å²) in [7, 11) is 0. The maximum atomic E-state index is 12.5. The van der Waals surface area contributed by atoms with Gasteiger partial charge in [0.2, 0.25) is 0 Å². The predicted octanol–water partition coefficient (Wildman–Crippen LogP) is 3.72. The van der Waals surface area contributed by atoms with E-state index in [4.69, 9.17) is 16.9 Å². The zero-order chi connectivity index (χ0) is 14.6. The second-order valence-electron chi connectivity index (χ2n) is 3.29. The minimum absolute atomic E-state index is 0.232. The van der Waals surface area contributed by atoms with Gasteiger partial charge in [-0.15, -0.1) is 24.8 Å². The Hall–Kier alpha value is -1.62. The Balaban J connectivity index is 3.36. The fraction of sp³-hybridized carbons (Fsp3) is 0.400. The predicted molar refractivity (Wildman–Crippen MR) is 54.8 cm³/mol. The molecule has 9 heteroatoms. The van der Waals surface area contributed by atoms with Gasteiger partial charge in [-0.2, -0.15) is 5.26 Å². The van der Waals surface area contributed by atoms with E-state index in [2.05, 4.69) is 9.72 Å². The summed E-state index contributed by atoms with van der Waals surface area (Å²) in [5.41, 5.74) is -1.39. The molecule has 1 aromatic rings. The first kappa shape index (κ1) is 15.4. The highest BCUT2D eigenvalue weighted by molar-refractivity contribution is 6.17. The molecular formula is C10H6ClF5N2O. The topological polar surface area (TPSA) is 45.9 Å². The number of hydrogen-bond acceptors (Lipinski definition) is 3. The van der Waals surface area contributed by atoms with Crippen molar-refractivity contribution in [2.24, 2.45) is 0 Å². The smallest absolute Gasteiger partial charge is 0.405 e. The Labute approximate surface area is 109 Å². The first-order chi connectivity index (χ1) is 8.78. The normalized spacial score (nSPS) is 11.5. The summed E-state index contributed by atoms with van der Waals surface area (Å²) in [6, 6.07) is 2.08. The molecule has 104 valence electrons. The van der Waals surface area contributed by atoms with E-state index in [9.17, 15) is 22.0 Å². The van der Waals surface area contributed by atoms with Crippen molar-refractivity contribution in [1.82, 2.24) is 4.98 Å². The van der Waals surface area contributed by atoms with Crippen molar-refractivity contribution in [2.75, 3.05) is 0 Å². The van der Waals surface area contributed by atoms with Crippen LogP contribution in [0.1, 0.15) is 23.4 Å². The molecule has 0 aliphatic rings. The van der Waals surface area contributed by atoms with Gasteiger partial charge < -0.3 is 4.74 Å². The lowest BCUT2D eigenvalue weighted by Gasteiger charge is -2.15. The number of aromatic nitrogens is 1. The molecule has 3 nitrogen and oxygen atoms in total. The summed E-state index contributed by atoms with van der Waals surface area (Å²) in [6.07, 6.45) is -8.58. The zero-order valence-electron chi connectivity index (χ0n) is 9.14. The lowest BCUT2D eigenvalue weighted by Crippen LogP contribution is -2.19. The van der Waals surface area contributed by atoms with Crippen molar-refractivity contribution in [3.8, 4) is 11.8 Å². The van der Waals surface area contributed by atoms with Gasteiger partial charge in [0.05, 0.1) is 24.1 Å². The van der Waals surface area contributed by atoms with Gasteiger partial charge in [-0.1, -0.05) is 0 Å². The van der Waals surface area contributed by atoms with Gasteiger partial charge in [-0.3, -0.25) is 4.98 Å². The SMILES string of the molecule is N#CCc1nc(C(F)F)cc(OC(F)(F)F)c1CCl. The van der Waals surface area contributed by atoms with Crippen LogP contribution in [0.5, 0.6) is 5.75 Å². The van der Waals surface area contributed by atoms with E-state index < -0.39 is 36.5 Å². The number of rotatable bonds is 4. The largest absolute Gasteiger partial charge is 0.573 e. The van der Waals surface area contributed by atoms with Crippen LogP contribution >= 0.6 is 11.6 Å². The molecular weight excluding hydrogens is 295 g/mol. The Bertz CT molecular complexity index is 498. The highest BCUT2D eigenvalue weighted by Crippen LogP contribution is 2.32. The van der Waals surface area contributed by atoms with Crippen molar-refractivity contribution in [3.63, 3.8) is 0 Å². The summed E-state index contributed by atoms with van der Waals surface area (Å²) in [5.74, 6) is -1.31. The summed E-state index contributed by atoms with van der Waals surface area (Å²) >= 11 is 5.45. The van der Waals surface area contributed by atoms with E-state index in [1.807, 2.05) is 0 Å². The van der Waals surface area contributed by atoms with Crippen molar-refractivity contribution in [3.05, 3.63) is 23.0 Å². The molecule has 1 aromatic heterocycles. The van der Waals surface area contributed by atoms with E-state index in [1.54, 1.807) is 6.07 Å². The number of hydrogen-bond donors (Lipinski definition) is 0. The van der Waals surface area contributed by atoms with Crippen LogP contribution in [0.15, 0.2) is 6.07 Å². The van der Waals surface area contributed by atoms with Crippen molar-refractivity contribution in [2.45, 2.75) is 25.1 Å². The summed E-state index contributed by atoms with van der Waals surface area (Å²) in [6.45, 7) is 0. The molecule has 0 atom stereocenters. The van der Waals surface area contributed by atoms with Crippen LogP contribution in [-0.2, 0) is 12.3 Å². The van der Waals surface area contributed by atoms with E-state index in [0.717, 1.165) is 0 Å². The molecule has 0 aromatic carbocycles. The van der Waals surface area contributed by atoms with Gasteiger partial charge in [-0.05, 0) is 0 Å². The van der Waals surface area contributed by atoms with Crippen molar-refractivity contribution < 1.29 is 26.7 Å². The van der Waals surface area contributed by atoms with Crippen LogP contribution in [0.2, 0.25) is 0 Å². The third-order valence-electron chi connectivity index (χ3n) is 2.02. The molecule has 1 heterocycles. The van der Waals surface area contributed by atoms with Gasteiger partial charge in [-0.25, -0.2) is 8.78 Å². The summed E-state index contributed by atoms with van der Waals surface area (Å²) in [4.78, 5) is 3.42.